The predicted molar refractivity (Wildman–Crippen MR) is 106 cm³/mol. The Kier molecular flexibility index (Phi) is 6.52. The smallest absolute Gasteiger partial charge is 0.191 e. The average molecular weight is 355 g/mol. The highest BCUT2D eigenvalue weighted by Crippen LogP contribution is 2.17. The zero-order chi connectivity index (χ0) is 18.2. The molecule has 0 spiro atoms. The molecule has 2 aromatic heterocycles. The molecule has 1 aliphatic carbocycles. The summed E-state index contributed by atoms with van der Waals surface area (Å²) in [6.07, 6.45) is 7.57. The van der Waals surface area contributed by atoms with Crippen molar-refractivity contribution >= 4 is 11.8 Å². The SMILES string of the molecule is CN(C)c1cccc(CN=C(NCCc2ccco2)NC2CCCC2)n1. The molecule has 0 saturated heterocycles. The van der Waals surface area contributed by atoms with Gasteiger partial charge in [-0.25, -0.2) is 9.98 Å². The topological polar surface area (TPSA) is 65.7 Å². The van der Waals surface area contributed by atoms with Gasteiger partial charge in [0.25, 0.3) is 0 Å². The van der Waals surface area contributed by atoms with Crippen LogP contribution in [0.4, 0.5) is 5.82 Å². The van der Waals surface area contributed by atoms with Crippen LogP contribution in [0.25, 0.3) is 0 Å². The van der Waals surface area contributed by atoms with E-state index in [9.17, 15) is 0 Å². The summed E-state index contributed by atoms with van der Waals surface area (Å²) in [6, 6.07) is 10.5. The molecular weight excluding hydrogens is 326 g/mol. The Morgan fingerprint density at radius 3 is 2.81 bits per heavy atom. The number of aliphatic imine (C=N–C) groups is 1. The second-order valence-electron chi connectivity index (χ2n) is 6.93. The minimum Gasteiger partial charge on any atom is -0.469 e. The van der Waals surface area contributed by atoms with Crippen molar-refractivity contribution in [3.8, 4) is 0 Å². The fourth-order valence-electron chi connectivity index (χ4n) is 3.14. The van der Waals surface area contributed by atoms with Gasteiger partial charge in [-0.3, -0.25) is 0 Å². The van der Waals surface area contributed by atoms with Crippen LogP contribution in [0.15, 0.2) is 46.0 Å². The third kappa shape index (κ3) is 5.51. The van der Waals surface area contributed by atoms with Gasteiger partial charge in [-0.1, -0.05) is 18.9 Å². The van der Waals surface area contributed by atoms with Gasteiger partial charge in [0.2, 0.25) is 0 Å². The molecule has 1 fully saturated rings. The number of nitrogens with one attached hydrogen (secondary N) is 2. The van der Waals surface area contributed by atoms with E-state index in [1.54, 1.807) is 6.26 Å². The molecule has 2 N–H and O–H groups in total. The van der Waals surface area contributed by atoms with E-state index in [1.165, 1.54) is 25.7 Å². The largest absolute Gasteiger partial charge is 0.469 e. The number of furan rings is 1. The van der Waals surface area contributed by atoms with Gasteiger partial charge in [-0.2, -0.15) is 0 Å². The van der Waals surface area contributed by atoms with Gasteiger partial charge in [0.1, 0.15) is 11.6 Å². The van der Waals surface area contributed by atoms with Crippen LogP contribution in [0, 0.1) is 0 Å². The van der Waals surface area contributed by atoms with E-state index in [1.807, 2.05) is 49.3 Å². The Bertz CT molecular complexity index is 690. The molecule has 3 rings (SSSR count). The Balaban J connectivity index is 1.60. The van der Waals surface area contributed by atoms with Gasteiger partial charge >= 0.3 is 0 Å². The molecule has 0 amide bonds. The lowest BCUT2D eigenvalue weighted by Gasteiger charge is -2.17. The van der Waals surface area contributed by atoms with Crippen LogP contribution in [0.3, 0.4) is 0 Å². The minimum absolute atomic E-state index is 0.519. The first kappa shape index (κ1) is 18.3. The van der Waals surface area contributed by atoms with Crippen molar-refractivity contribution in [2.24, 2.45) is 4.99 Å². The highest BCUT2D eigenvalue weighted by atomic mass is 16.3. The number of pyridine rings is 1. The van der Waals surface area contributed by atoms with E-state index in [2.05, 4.69) is 15.6 Å². The number of aromatic nitrogens is 1. The van der Waals surface area contributed by atoms with Crippen LogP contribution < -0.4 is 15.5 Å². The average Bonchev–Trinajstić information content (AvgIpc) is 3.33. The Labute approximate surface area is 155 Å². The van der Waals surface area contributed by atoms with Crippen molar-refractivity contribution in [3.05, 3.63) is 48.0 Å². The number of hydrogen-bond acceptors (Lipinski definition) is 4. The van der Waals surface area contributed by atoms with Crippen molar-refractivity contribution in [2.45, 2.75) is 44.7 Å². The van der Waals surface area contributed by atoms with Gasteiger partial charge < -0.3 is 20.0 Å². The summed E-state index contributed by atoms with van der Waals surface area (Å²) in [5.74, 6) is 2.80. The summed E-state index contributed by atoms with van der Waals surface area (Å²) in [4.78, 5) is 11.4. The van der Waals surface area contributed by atoms with Gasteiger partial charge in [-0.05, 0) is 37.1 Å². The Morgan fingerprint density at radius 2 is 2.08 bits per heavy atom. The zero-order valence-corrected chi connectivity index (χ0v) is 15.7. The van der Waals surface area contributed by atoms with Crippen LogP contribution in [0.5, 0.6) is 0 Å². The van der Waals surface area contributed by atoms with Gasteiger partial charge in [0.15, 0.2) is 5.96 Å². The fourth-order valence-corrected chi connectivity index (χ4v) is 3.14. The van der Waals surface area contributed by atoms with E-state index in [0.29, 0.717) is 12.6 Å². The second-order valence-corrected chi connectivity index (χ2v) is 6.93. The van der Waals surface area contributed by atoms with Crippen molar-refractivity contribution in [1.29, 1.82) is 0 Å². The molecule has 0 aromatic carbocycles. The molecule has 0 bridgehead atoms. The quantitative estimate of drug-likeness (QED) is 0.590. The highest BCUT2D eigenvalue weighted by Gasteiger charge is 2.16. The second kappa shape index (κ2) is 9.27. The molecule has 0 atom stereocenters. The van der Waals surface area contributed by atoms with Crippen molar-refractivity contribution in [2.75, 3.05) is 25.5 Å². The molecule has 0 unspecified atom stereocenters. The molecule has 1 saturated carbocycles. The summed E-state index contributed by atoms with van der Waals surface area (Å²) in [5.41, 5.74) is 0.967. The molecule has 2 aromatic rings. The van der Waals surface area contributed by atoms with E-state index >= 15 is 0 Å². The van der Waals surface area contributed by atoms with Crippen molar-refractivity contribution in [1.82, 2.24) is 15.6 Å². The fraction of sp³-hybridized carbons (Fsp3) is 0.500. The van der Waals surface area contributed by atoms with Crippen LogP contribution in [-0.2, 0) is 13.0 Å². The number of guanidine groups is 1. The number of hydrogen-bond donors (Lipinski definition) is 2. The molecule has 1 aliphatic rings. The predicted octanol–water partition coefficient (Wildman–Crippen LogP) is 2.96. The summed E-state index contributed by atoms with van der Waals surface area (Å²) < 4.78 is 5.40. The summed E-state index contributed by atoms with van der Waals surface area (Å²) in [6.45, 7) is 1.35. The summed E-state index contributed by atoms with van der Waals surface area (Å²) in [7, 11) is 4.00. The summed E-state index contributed by atoms with van der Waals surface area (Å²) in [5, 5.41) is 7.01. The van der Waals surface area contributed by atoms with Gasteiger partial charge in [0, 0.05) is 33.1 Å². The van der Waals surface area contributed by atoms with Crippen LogP contribution in [0.2, 0.25) is 0 Å². The Morgan fingerprint density at radius 1 is 1.23 bits per heavy atom. The zero-order valence-electron chi connectivity index (χ0n) is 15.7. The van der Waals surface area contributed by atoms with Crippen molar-refractivity contribution in [3.63, 3.8) is 0 Å². The molecule has 6 nitrogen and oxygen atoms in total. The standard InChI is InChI=1S/C20H29N5O/c1-25(2)19-11-5-9-17(23-19)15-22-20(24-16-7-3-4-8-16)21-13-12-18-10-6-14-26-18/h5-6,9-11,14,16H,3-4,7-8,12-13,15H2,1-2H3,(H2,21,22,24). The Hall–Kier alpha value is -2.50. The molecule has 0 radical (unpaired) electrons. The van der Waals surface area contributed by atoms with Gasteiger partial charge in [-0.15, -0.1) is 0 Å². The molecule has 26 heavy (non-hydrogen) atoms. The third-order valence-corrected chi connectivity index (χ3v) is 4.59. The van der Waals surface area contributed by atoms with Crippen LogP contribution in [0.1, 0.15) is 37.1 Å². The number of rotatable bonds is 7. The van der Waals surface area contributed by atoms with Crippen molar-refractivity contribution < 1.29 is 4.42 Å². The van der Waals surface area contributed by atoms with Gasteiger partial charge in [0.05, 0.1) is 18.5 Å². The van der Waals surface area contributed by atoms with E-state index in [-0.39, 0.29) is 0 Å². The molecule has 2 heterocycles. The highest BCUT2D eigenvalue weighted by molar-refractivity contribution is 5.80. The first-order valence-electron chi connectivity index (χ1n) is 9.41. The minimum atomic E-state index is 0.519. The molecular formula is C20H29N5O. The normalized spacial score (nSPS) is 15.2. The van der Waals surface area contributed by atoms with Crippen LogP contribution in [-0.4, -0.2) is 37.6 Å². The van der Waals surface area contributed by atoms with E-state index in [4.69, 9.17) is 9.41 Å². The lowest BCUT2D eigenvalue weighted by Crippen LogP contribution is -2.43. The number of anilines is 1. The lowest BCUT2D eigenvalue weighted by atomic mass is 10.2. The maximum atomic E-state index is 5.40. The first-order valence-corrected chi connectivity index (χ1v) is 9.41. The molecule has 140 valence electrons. The summed E-state index contributed by atoms with van der Waals surface area (Å²) >= 11 is 0. The van der Waals surface area contributed by atoms with E-state index < -0.39 is 0 Å². The third-order valence-electron chi connectivity index (χ3n) is 4.59. The first-order chi connectivity index (χ1) is 12.7. The molecule has 6 heteroatoms. The maximum Gasteiger partial charge on any atom is 0.191 e. The maximum absolute atomic E-state index is 5.40. The van der Waals surface area contributed by atoms with Crippen LogP contribution >= 0.6 is 0 Å². The monoisotopic (exact) mass is 355 g/mol. The number of nitrogens with zero attached hydrogens (tertiary/aromatic N) is 3. The lowest BCUT2D eigenvalue weighted by molar-refractivity contribution is 0.506. The molecule has 0 aliphatic heterocycles. The van der Waals surface area contributed by atoms with E-state index in [0.717, 1.165) is 36.2 Å².